The van der Waals surface area contributed by atoms with E-state index >= 15 is 0 Å². The number of amides is 1. The lowest BCUT2D eigenvalue weighted by atomic mass is 10.3. The van der Waals surface area contributed by atoms with E-state index in [1.165, 1.54) is 11.0 Å². The lowest BCUT2D eigenvalue weighted by Crippen LogP contribution is -2.20. The van der Waals surface area contributed by atoms with Gasteiger partial charge < -0.3 is 16.0 Å². The van der Waals surface area contributed by atoms with Crippen LogP contribution >= 0.6 is 0 Å². The predicted octanol–water partition coefficient (Wildman–Crippen LogP) is 0.684. The van der Waals surface area contributed by atoms with E-state index in [1.807, 2.05) is 19.1 Å². The van der Waals surface area contributed by atoms with Crippen LogP contribution in [0.15, 0.2) is 24.4 Å². The summed E-state index contributed by atoms with van der Waals surface area (Å²) in [4.78, 5) is 20.5. The van der Waals surface area contributed by atoms with Gasteiger partial charge in [-0.05, 0) is 25.1 Å². The van der Waals surface area contributed by atoms with Gasteiger partial charge in [0.05, 0.1) is 17.2 Å². The van der Waals surface area contributed by atoms with Gasteiger partial charge >= 0.3 is 0 Å². The second-order valence-electron chi connectivity index (χ2n) is 4.40. The Bertz CT molecular complexity index is 773. The van der Waals surface area contributed by atoms with Gasteiger partial charge in [-0.1, -0.05) is 0 Å². The summed E-state index contributed by atoms with van der Waals surface area (Å²) in [7, 11) is 0. The molecule has 4 N–H and O–H groups in total. The number of carbonyl (C=O) groups is 1. The van der Waals surface area contributed by atoms with Crippen molar-refractivity contribution < 1.29 is 4.79 Å². The molecule has 2 aromatic heterocycles. The highest BCUT2D eigenvalue weighted by atomic mass is 16.2. The minimum Gasteiger partial charge on any atom is -0.381 e. The topological polar surface area (TPSA) is 115 Å². The summed E-state index contributed by atoms with van der Waals surface area (Å²) in [5.74, 6) is 0.892. The van der Waals surface area contributed by atoms with Crippen molar-refractivity contribution in [1.82, 2.24) is 25.0 Å². The molecule has 0 unspecified atom stereocenters. The van der Waals surface area contributed by atoms with E-state index in [4.69, 9.17) is 5.73 Å². The molecule has 0 aliphatic heterocycles. The van der Waals surface area contributed by atoms with E-state index < -0.39 is 0 Å². The molecule has 0 saturated heterocycles. The molecule has 8 heteroatoms. The van der Waals surface area contributed by atoms with Gasteiger partial charge in [-0.3, -0.25) is 4.79 Å². The van der Waals surface area contributed by atoms with Crippen molar-refractivity contribution in [2.75, 3.05) is 11.1 Å². The van der Waals surface area contributed by atoms with Gasteiger partial charge in [-0.2, -0.15) is 9.90 Å². The molecule has 2 heterocycles. The highest BCUT2D eigenvalue weighted by Gasteiger charge is 2.07. The van der Waals surface area contributed by atoms with Crippen LogP contribution < -0.4 is 11.1 Å². The third-order valence-electron chi connectivity index (χ3n) is 2.72. The molecule has 0 aliphatic rings. The van der Waals surface area contributed by atoms with Crippen molar-refractivity contribution in [3.8, 4) is 0 Å². The maximum absolute atomic E-state index is 11.9. The number of carbonyl (C=O) groups excluding carboxylic acids is 1. The lowest BCUT2D eigenvalue weighted by Gasteiger charge is -2.04. The third kappa shape index (κ3) is 2.44. The molecule has 0 fully saturated rings. The van der Waals surface area contributed by atoms with Crippen molar-refractivity contribution in [3.63, 3.8) is 0 Å². The zero-order valence-corrected chi connectivity index (χ0v) is 10.8. The molecule has 20 heavy (non-hydrogen) atoms. The molecule has 8 nitrogen and oxygen atoms in total. The van der Waals surface area contributed by atoms with Gasteiger partial charge in [0.25, 0.3) is 0 Å². The van der Waals surface area contributed by atoms with Crippen LogP contribution in [-0.4, -0.2) is 30.9 Å². The Morgan fingerprint density at radius 2 is 2.35 bits per heavy atom. The molecular weight excluding hydrogens is 258 g/mol. The standard InChI is InChI=1S/C12H13N7O/c1-7-15-9-3-2-8(4-10(9)16-7)17-12(20)6-19-14-5-11(13)18-19/h2-5H,6H2,1H3,(H2,13,18)(H,15,16)(H,17,20). The smallest absolute Gasteiger partial charge is 0.247 e. The normalized spacial score (nSPS) is 10.8. The summed E-state index contributed by atoms with van der Waals surface area (Å²) < 4.78 is 0. The number of fused-ring (bicyclic) bond motifs is 1. The summed E-state index contributed by atoms with van der Waals surface area (Å²) in [5, 5.41) is 10.5. The number of imidazole rings is 1. The Kier molecular flexibility index (Phi) is 2.82. The molecule has 102 valence electrons. The number of nitrogens with zero attached hydrogens (tertiary/aromatic N) is 4. The number of rotatable bonds is 3. The Hall–Kier alpha value is -2.90. The predicted molar refractivity (Wildman–Crippen MR) is 73.9 cm³/mol. The van der Waals surface area contributed by atoms with Gasteiger partial charge in [0.15, 0.2) is 5.82 Å². The monoisotopic (exact) mass is 271 g/mol. The highest BCUT2D eigenvalue weighted by Crippen LogP contribution is 2.17. The summed E-state index contributed by atoms with van der Waals surface area (Å²) >= 11 is 0. The number of anilines is 2. The summed E-state index contributed by atoms with van der Waals surface area (Å²) in [6, 6.07) is 5.47. The van der Waals surface area contributed by atoms with Gasteiger partial charge in [-0.25, -0.2) is 4.98 Å². The van der Waals surface area contributed by atoms with Crippen LogP contribution in [0, 0.1) is 6.92 Å². The number of hydrogen-bond donors (Lipinski definition) is 3. The van der Waals surface area contributed by atoms with Gasteiger partial charge in [-0.15, -0.1) is 5.10 Å². The molecule has 0 aliphatic carbocycles. The Morgan fingerprint density at radius 3 is 3.10 bits per heavy atom. The second-order valence-corrected chi connectivity index (χ2v) is 4.40. The number of nitrogens with two attached hydrogens (primary N) is 1. The van der Waals surface area contributed by atoms with Crippen molar-refractivity contribution in [3.05, 3.63) is 30.2 Å². The highest BCUT2D eigenvalue weighted by molar-refractivity contribution is 5.92. The van der Waals surface area contributed by atoms with Crippen LogP contribution in [0.25, 0.3) is 11.0 Å². The van der Waals surface area contributed by atoms with Crippen LogP contribution in [-0.2, 0) is 11.3 Å². The largest absolute Gasteiger partial charge is 0.381 e. The van der Waals surface area contributed by atoms with Crippen molar-refractivity contribution in [1.29, 1.82) is 0 Å². The summed E-state index contributed by atoms with van der Waals surface area (Å²) in [6.45, 7) is 1.89. The van der Waals surface area contributed by atoms with Gasteiger partial charge in [0, 0.05) is 5.69 Å². The maximum atomic E-state index is 11.9. The quantitative estimate of drug-likeness (QED) is 0.648. The second kappa shape index (κ2) is 4.65. The van der Waals surface area contributed by atoms with E-state index in [1.54, 1.807) is 6.07 Å². The molecule has 0 bridgehead atoms. The first-order valence-electron chi connectivity index (χ1n) is 6.02. The van der Waals surface area contributed by atoms with E-state index in [-0.39, 0.29) is 18.3 Å². The molecule has 3 rings (SSSR count). The summed E-state index contributed by atoms with van der Waals surface area (Å²) in [6.07, 6.45) is 1.40. The fraction of sp³-hybridized carbons (Fsp3) is 0.167. The molecule has 0 atom stereocenters. The Morgan fingerprint density at radius 1 is 1.50 bits per heavy atom. The Labute approximate surface area is 114 Å². The summed E-state index contributed by atoms with van der Waals surface area (Å²) in [5.41, 5.74) is 7.86. The first kappa shape index (κ1) is 12.2. The number of aromatic nitrogens is 5. The van der Waals surface area contributed by atoms with Gasteiger partial charge in [0.2, 0.25) is 5.91 Å². The van der Waals surface area contributed by atoms with E-state index in [2.05, 4.69) is 25.5 Å². The third-order valence-corrected chi connectivity index (χ3v) is 2.72. The van der Waals surface area contributed by atoms with Crippen LogP contribution in [0.3, 0.4) is 0 Å². The number of nitrogens with one attached hydrogen (secondary N) is 2. The van der Waals surface area contributed by atoms with Crippen LogP contribution in [0.4, 0.5) is 11.5 Å². The molecule has 0 radical (unpaired) electrons. The van der Waals surface area contributed by atoms with E-state index in [0.29, 0.717) is 5.69 Å². The average molecular weight is 271 g/mol. The molecular formula is C12H13N7O. The number of aryl methyl sites for hydroxylation is 1. The first-order chi connectivity index (χ1) is 9.60. The van der Waals surface area contributed by atoms with Crippen molar-refractivity contribution >= 4 is 28.4 Å². The zero-order chi connectivity index (χ0) is 14.1. The number of H-pyrrole nitrogens is 1. The SMILES string of the molecule is Cc1nc2ccc(NC(=O)Cn3ncc(N)n3)cc2[nH]1. The fourth-order valence-corrected chi connectivity index (χ4v) is 1.93. The van der Waals surface area contributed by atoms with Crippen LogP contribution in [0.1, 0.15) is 5.82 Å². The van der Waals surface area contributed by atoms with E-state index in [0.717, 1.165) is 16.9 Å². The zero-order valence-electron chi connectivity index (χ0n) is 10.8. The lowest BCUT2D eigenvalue weighted by molar-refractivity contribution is -0.117. The first-order valence-corrected chi connectivity index (χ1v) is 6.02. The minimum absolute atomic E-state index is 0.0112. The molecule has 0 saturated carbocycles. The number of benzene rings is 1. The molecule has 1 amide bonds. The number of nitrogen functional groups attached to an aromatic ring is 1. The van der Waals surface area contributed by atoms with Crippen LogP contribution in [0.2, 0.25) is 0 Å². The van der Waals surface area contributed by atoms with E-state index in [9.17, 15) is 4.79 Å². The number of aromatic amines is 1. The van der Waals surface area contributed by atoms with Crippen molar-refractivity contribution in [2.24, 2.45) is 0 Å². The van der Waals surface area contributed by atoms with Crippen molar-refractivity contribution in [2.45, 2.75) is 13.5 Å². The minimum atomic E-state index is -0.226. The maximum Gasteiger partial charge on any atom is 0.247 e. The fourth-order valence-electron chi connectivity index (χ4n) is 1.93. The number of hydrogen-bond acceptors (Lipinski definition) is 5. The molecule has 1 aromatic carbocycles. The van der Waals surface area contributed by atoms with Gasteiger partial charge in [0.1, 0.15) is 12.4 Å². The average Bonchev–Trinajstić information content (AvgIpc) is 2.93. The van der Waals surface area contributed by atoms with Crippen LogP contribution in [0.5, 0.6) is 0 Å². The molecule has 0 spiro atoms. The molecule has 3 aromatic rings. The Balaban J connectivity index is 1.73.